The highest BCUT2D eigenvalue weighted by atomic mass is 35.5. The van der Waals surface area contributed by atoms with Gasteiger partial charge in [0.15, 0.2) is 6.23 Å². The Bertz CT molecular complexity index is 1150. The molecule has 0 spiro atoms. The normalized spacial score (nSPS) is 22.4. The lowest BCUT2D eigenvalue weighted by atomic mass is 9.98. The van der Waals surface area contributed by atoms with Gasteiger partial charge in [-0.2, -0.15) is 23.0 Å². The number of hydrogen-bond donors (Lipinski definition) is 0. The topological polar surface area (TPSA) is 67.7 Å². The van der Waals surface area contributed by atoms with E-state index in [1.54, 1.807) is 11.8 Å². The van der Waals surface area contributed by atoms with E-state index < -0.39 is 41.3 Å². The second-order valence-electron chi connectivity index (χ2n) is 8.49. The third-order valence-corrected chi connectivity index (χ3v) is 6.63. The van der Waals surface area contributed by atoms with Gasteiger partial charge in [-0.3, -0.25) is 9.59 Å². The van der Waals surface area contributed by atoms with E-state index in [0.717, 1.165) is 18.6 Å². The number of amides is 1. The molecule has 12 heteroatoms. The van der Waals surface area contributed by atoms with Crippen molar-refractivity contribution in [2.45, 2.75) is 51.2 Å². The van der Waals surface area contributed by atoms with Gasteiger partial charge in [0.2, 0.25) is 5.91 Å². The molecular weight excluding hydrogens is 480 g/mol. The van der Waals surface area contributed by atoms with E-state index in [1.807, 2.05) is 0 Å². The number of benzene rings is 1. The minimum atomic E-state index is -4.77. The zero-order valence-electron chi connectivity index (χ0n) is 18.5. The lowest BCUT2D eigenvalue weighted by Gasteiger charge is -2.43. The lowest BCUT2D eigenvalue weighted by molar-refractivity contribution is -0.141. The molecule has 3 heterocycles. The van der Waals surface area contributed by atoms with Crippen molar-refractivity contribution in [2.24, 2.45) is 0 Å². The molecule has 0 bridgehead atoms. The minimum Gasteiger partial charge on any atom is -0.356 e. The van der Waals surface area contributed by atoms with E-state index in [-0.39, 0.29) is 35.4 Å². The molecule has 184 valence electrons. The van der Waals surface area contributed by atoms with E-state index in [2.05, 4.69) is 5.10 Å². The van der Waals surface area contributed by atoms with Crippen molar-refractivity contribution in [3.8, 4) is 0 Å². The van der Waals surface area contributed by atoms with Gasteiger partial charge in [0.1, 0.15) is 10.8 Å². The van der Waals surface area contributed by atoms with Crippen molar-refractivity contribution in [1.82, 2.24) is 14.7 Å². The summed E-state index contributed by atoms with van der Waals surface area (Å²) in [5, 5.41) is 4.07. The molecule has 1 amide bonds. The molecule has 1 aromatic carbocycles. The molecule has 0 radical (unpaired) electrons. The average Bonchev–Trinajstić information content (AvgIpc) is 3.30. The number of alkyl halides is 3. The number of aromatic nitrogens is 2. The summed E-state index contributed by atoms with van der Waals surface area (Å²) in [6, 6.07) is 1.10. The van der Waals surface area contributed by atoms with Gasteiger partial charge in [-0.25, -0.2) is 4.39 Å². The van der Waals surface area contributed by atoms with Crippen molar-refractivity contribution < 1.29 is 27.1 Å². The van der Waals surface area contributed by atoms with Gasteiger partial charge < -0.3 is 14.5 Å². The van der Waals surface area contributed by atoms with Gasteiger partial charge in [-0.05, 0) is 44.4 Å². The molecule has 2 aliphatic heterocycles. The Balaban J connectivity index is 1.59. The maximum absolute atomic E-state index is 13.5. The van der Waals surface area contributed by atoms with Crippen LogP contribution >= 0.6 is 11.6 Å². The van der Waals surface area contributed by atoms with Crippen molar-refractivity contribution in [1.29, 1.82) is 0 Å². The van der Waals surface area contributed by atoms with Crippen LogP contribution in [0.3, 0.4) is 0 Å². The summed E-state index contributed by atoms with van der Waals surface area (Å²) in [6.07, 6.45) is -2.43. The van der Waals surface area contributed by atoms with Gasteiger partial charge in [0.05, 0.1) is 30.0 Å². The molecular formula is C22H23ClF4N4O3. The highest BCUT2D eigenvalue weighted by Crippen LogP contribution is 2.38. The van der Waals surface area contributed by atoms with Crippen LogP contribution in [-0.4, -0.2) is 46.3 Å². The van der Waals surface area contributed by atoms with Crippen molar-refractivity contribution in [3.05, 3.63) is 56.7 Å². The quantitative estimate of drug-likeness (QED) is 0.587. The summed E-state index contributed by atoms with van der Waals surface area (Å²) in [4.78, 5) is 28.7. The Hall–Kier alpha value is -2.66. The smallest absolute Gasteiger partial charge is 0.356 e. The van der Waals surface area contributed by atoms with Crippen molar-refractivity contribution in [2.75, 3.05) is 24.6 Å². The fourth-order valence-corrected chi connectivity index (χ4v) is 4.72. The van der Waals surface area contributed by atoms with E-state index in [9.17, 15) is 27.2 Å². The number of carbonyl (C=O) groups excluding carboxylic acids is 1. The van der Waals surface area contributed by atoms with Crippen LogP contribution in [0.25, 0.3) is 0 Å². The number of carbonyl (C=O) groups is 1. The molecule has 0 aliphatic carbocycles. The summed E-state index contributed by atoms with van der Waals surface area (Å²) >= 11 is 6.35. The number of nitrogens with zero attached hydrogens (tertiary/aromatic N) is 4. The maximum Gasteiger partial charge on any atom is 0.416 e. The Kier molecular flexibility index (Phi) is 6.61. The van der Waals surface area contributed by atoms with Crippen LogP contribution in [0.2, 0.25) is 5.02 Å². The number of hydrogen-bond acceptors (Lipinski definition) is 5. The fourth-order valence-electron chi connectivity index (χ4n) is 4.48. The molecule has 4 rings (SSSR count). The van der Waals surface area contributed by atoms with Crippen LogP contribution in [0.4, 0.5) is 23.2 Å². The first-order chi connectivity index (χ1) is 16.0. The molecule has 2 fully saturated rings. The molecule has 1 aromatic heterocycles. The number of rotatable bonds is 4. The van der Waals surface area contributed by atoms with Crippen LogP contribution in [0, 0.1) is 5.82 Å². The Morgan fingerprint density at radius 3 is 2.65 bits per heavy atom. The summed E-state index contributed by atoms with van der Waals surface area (Å²) in [5.74, 6) is -1.46. The zero-order valence-corrected chi connectivity index (χ0v) is 19.2. The number of halogens is 5. The summed E-state index contributed by atoms with van der Waals surface area (Å²) in [6.45, 7) is 3.62. The largest absolute Gasteiger partial charge is 0.416 e. The van der Waals surface area contributed by atoms with Crippen LogP contribution in [-0.2, 0) is 15.7 Å². The Morgan fingerprint density at radius 2 is 2.00 bits per heavy atom. The Morgan fingerprint density at radius 1 is 1.26 bits per heavy atom. The van der Waals surface area contributed by atoms with E-state index in [0.29, 0.717) is 19.1 Å². The standard InChI is InChI=1S/C22H23ClF4N4O3/c1-12-10-30(13(2)15-6-5-14(24)8-16(15)22(25,26)27)18(32)11-29(12)17-9-28-31(21(33)20(17)23)19-4-3-7-34-19/h5-6,8-9,12-13,19H,3-4,7,10-11H2,1-2H3/t12-,13?,19?/m1/s1. The zero-order chi connectivity index (χ0) is 24.8. The van der Waals surface area contributed by atoms with Crippen molar-refractivity contribution >= 4 is 23.2 Å². The molecule has 2 unspecified atom stereocenters. The number of ether oxygens (including phenoxy) is 1. The first-order valence-electron chi connectivity index (χ1n) is 10.8. The highest BCUT2D eigenvalue weighted by Gasteiger charge is 2.39. The molecule has 2 aromatic rings. The van der Waals surface area contributed by atoms with Gasteiger partial charge in [0, 0.05) is 19.2 Å². The summed E-state index contributed by atoms with van der Waals surface area (Å²) in [5.41, 5.74) is -1.58. The first-order valence-corrected chi connectivity index (χ1v) is 11.2. The highest BCUT2D eigenvalue weighted by molar-refractivity contribution is 6.33. The molecule has 7 nitrogen and oxygen atoms in total. The monoisotopic (exact) mass is 502 g/mol. The number of piperazine rings is 1. The Labute approximate surface area is 197 Å². The second kappa shape index (κ2) is 9.18. The van der Waals surface area contributed by atoms with Crippen LogP contribution < -0.4 is 10.5 Å². The molecule has 2 saturated heterocycles. The predicted molar refractivity (Wildman–Crippen MR) is 116 cm³/mol. The molecule has 0 saturated carbocycles. The van der Waals surface area contributed by atoms with Gasteiger partial charge in [0.25, 0.3) is 5.56 Å². The molecule has 3 atom stereocenters. The van der Waals surface area contributed by atoms with Crippen LogP contribution in [0.15, 0.2) is 29.2 Å². The lowest BCUT2D eigenvalue weighted by Crippen LogP contribution is -2.56. The van der Waals surface area contributed by atoms with Gasteiger partial charge >= 0.3 is 6.18 Å². The van der Waals surface area contributed by atoms with E-state index in [4.69, 9.17) is 16.3 Å². The SMILES string of the molecule is CC(c1ccc(F)cc1C(F)(F)F)N1C[C@@H](C)N(c2cnn(C3CCCO3)c(=O)c2Cl)CC1=O. The van der Waals surface area contributed by atoms with E-state index >= 15 is 0 Å². The van der Waals surface area contributed by atoms with Gasteiger partial charge in [-0.1, -0.05) is 17.7 Å². The minimum absolute atomic E-state index is 0.0693. The summed E-state index contributed by atoms with van der Waals surface area (Å²) < 4.78 is 60.7. The fraction of sp³-hybridized carbons (Fsp3) is 0.500. The van der Waals surface area contributed by atoms with Gasteiger partial charge in [-0.15, -0.1) is 0 Å². The molecule has 34 heavy (non-hydrogen) atoms. The summed E-state index contributed by atoms with van der Waals surface area (Å²) in [7, 11) is 0. The first kappa shape index (κ1) is 24.5. The number of anilines is 1. The van der Waals surface area contributed by atoms with E-state index in [1.165, 1.54) is 22.7 Å². The average molecular weight is 503 g/mol. The third-order valence-electron chi connectivity index (χ3n) is 6.27. The third kappa shape index (κ3) is 4.50. The maximum atomic E-state index is 13.5. The van der Waals surface area contributed by atoms with Crippen molar-refractivity contribution in [3.63, 3.8) is 0 Å². The second-order valence-corrected chi connectivity index (χ2v) is 8.87. The predicted octanol–water partition coefficient (Wildman–Crippen LogP) is 4.16. The molecule has 2 aliphatic rings. The van der Waals surface area contributed by atoms with Crippen LogP contribution in [0.5, 0.6) is 0 Å². The van der Waals surface area contributed by atoms with Crippen LogP contribution in [0.1, 0.15) is 50.1 Å². The molecule has 0 N–H and O–H groups in total.